The molecule has 5 nitrogen and oxygen atoms in total. The molecule has 1 atom stereocenters. The van der Waals surface area contributed by atoms with Crippen molar-refractivity contribution < 1.29 is 17.6 Å². The van der Waals surface area contributed by atoms with E-state index in [1.165, 1.54) is 25.1 Å². The Balaban J connectivity index is 1.85. The Hall–Kier alpha value is -2.25. The zero-order valence-corrected chi connectivity index (χ0v) is 15.5. The van der Waals surface area contributed by atoms with Gasteiger partial charge in [-0.05, 0) is 61.2 Å². The first-order valence-corrected chi connectivity index (χ1v) is 9.95. The van der Waals surface area contributed by atoms with Crippen LogP contribution < -0.4 is 9.62 Å². The van der Waals surface area contributed by atoms with Crippen LogP contribution in [0.5, 0.6) is 0 Å². The second-order valence-electron chi connectivity index (χ2n) is 6.46. The Morgan fingerprint density at radius 3 is 2.54 bits per heavy atom. The number of hydrogen-bond acceptors (Lipinski definition) is 3. The van der Waals surface area contributed by atoms with Gasteiger partial charge in [0.25, 0.3) is 0 Å². The van der Waals surface area contributed by atoms with Crippen LogP contribution in [0.15, 0.2) is 47.4 Å². The Morgan fingerprint density at radius 2 is 1.88 bits per heavy atom. The lowest BCUT2D eigenvalue weighted by Gasteiger charge is -2.29. The minimum Gasteiger partial charge on any atom is -0.312 e. The first-order valence-electron chi connectivity index (χ1n) is 8.47. The van der Waals surface area contributed by atoms with Gasteiger partial charge in [0.1, 0.15) is 5.82 Å². The molecule has 0 radical (unpaired) electrons. The van der Waals surface area contributed by atoms with Crippen LogP contribution in [0, 0.1) is 5.82 Å². The van der Waals surface area contributed by atoms with Gasteiger partial charge >= 0.3 is 0 Å². The molecule has 1 amide bonds. The molecular formula is C19H21FN2O3S. The maximum absolute atomic E-state index is 13.0. The third kappa shape index (κ3) is 3.78. The molecule has 0 bridgehead atoms. The summed E-state index contributed by atoms with van der Waals surface area (Å²) in [7, 11) is -3.74. The summed E-state index contributed by atoms with van der Waals surface area (Å²) in [6, 6.07) is 10.0. The molecule has 1 N–H and O–H groups in total. The van der Waals surface area contributed by atoms with Gasteiger partial charge in [0, 0.05) is 25.2 Å². The van der Waals surface area contributed by atoms with Crippen molar-refractivity contribution in [3.63, 3.8) is 0 Å². The first kappa shape index (κ1) is 18.5. The Bertz CT molecular complexity index is 926. The minimum absolute atomic E-state index is 0.0513. The summed E-state index contributed by atoms with van der Waals surface area (Å²) in [5.74, 6) is -0.418. The molecule has 0 aromatic heterocycles. The predicted molar refractivity (Wildman–Crippen MR) is 97.9 cm³/mol. The molecular weight excluding hydrogens is 355 g/mol. The van der Waals surface area contributed by atoms with E-state index in [4.69, 9.17) is 0 Å². The minimum atomic E-state index is -3.74. The zero-order valence-electron chi connectivity index (χ0n) is 14.7. The first-order chi connectivity index (χ1) is 12.3. The number of aryl methyl sites for hydroxylation is 1. The molecule has 0 aliphatic carbocycles. The molecule has 1 aliphatic heterocycles. The van der Waals surface area contributed by atoms with E-state index in [9.17, 15) is 17.6 Å². The molecule has 0 saturated heterocycles. The monoisotopic (exact) mass is 376 g/mol. The summed E-state index contributed by atoms with van der Waals surface area (Å²) >= 11 is 0. The third-order valence-corrected chi connectivity index (χ3v) is 6.10. The van der Waals surface area contributed by atoms with Gasteiger partial charge in [0.15, 0.2) is 0 Å². The molecule has 2 aromatic carbocycles. The van der Waals surface area contributed by atoms with Crippen molar-refractivity contribution in [1.82, 2.24) is 4.72 Å². The molecule has 7 heteroatoms. The van der Waals surface area contributed by atoms with Crippen molar-refractivity contribution in [1.29, 1.82) is 0 Å². The maximum Gasteiger partial charge on any atom is 0.241 e. The van der Waals surface area contributed by atoms with Crippen molar-refractivity contribution in [2.24, 2.45) is 0 Å². The van der Waals surface area contributed by atoms with Gasteiger partial charge in [0.2, 0.25) is 15.9 Å². The Morgan fingerprint density at radius 1 is 1.19 bits per heavy atom. The molecule has 1 aliphatic rings. The summed E-state index contributed by atoms with van der Waals surface area (Å²) in [6.45, 7) is 3.86. The quantitative estimate of drug-likeness (QED) is 0.891. The molecule has 0 unspecified atom stereocenters. The molecule has 0 fully saturated rings. The number of hydrogen-bond donors (Lipinski definition) is 1. The SMILES string of the molecule is CC(=O)N1CCCc2cc(S(=O)(=O)N[C@@H](C)c3ccc(F)cc3)ccc21. The van der Waals surface area contributed by atoms with Crippen molar-refractivity contribution in [3.8, 4) is 0 Å². The van der Waals surface area contributed by atoms with Crippen LogP contribution in [-0.2, 0) is 21.2 Å². The molecule has 1 heterocycles. The molecule has 3 rings (SSSR count). The number of anilines is 1. The lowest BCUT2D eigenvalue weighted by atomic mass is 10.0. The molecule has 2 aromatic rings. The Kier molecular flexibility index (Phi) is 5.11. The van der Waals surface area contributed by atoms with Crippen LogP contribution in [0.3, 0.4) is 0 Å². The van der Waals surface area contributed by atoms with E-state index < -0.39 is 16.1 Å². The van der Waals surface area contributed by atoms with Crippen LogP contribution in [0.1, 0.15) is 37.4 Å². The molecule has 0 saturated carbocycles. The number of amides is 1. The average Bonchev–Trinajstić information content (AvgIpc) is 2.60. The number of carbonyl (C=O) groups is 1. The van der Waals surface area contributed by atoms with E-state index in [1.54, 1.807) is 36.1 Å². The number of benzene rings is 2. The fraction of sp³-hybridized carbons (Fsp3) is 0.316. The van der Waals surface area contributed by atoms with E-state index in [1.807, 2.05) is 0 Å². The van der Waals surface area contributed by atoms with Crippen molar-refractivity contribution in [3.05, 3.63) is 59.4 Å². The zero-order chi connectivity index (χ0) is 18.9. The van der Waals surface area contributed by atoms with E-state index in [2.05, 4.69) is 4.72 Å². The van der Waals surface area contributed by atoms with Gasteiger partial charge in [-0.2, -0.15) is 0 Å². The van der Waals surface area contributed by atoms with E-state index in [-0.39, 0.29) is 16.6 Å². The van der Waals surface area contributed by atoms with Crippen LogP contribution in [0.2, 0.25) is 0 Å². The fourth-order valence-corrected chi connectivity index (χ4v) is 4.47. The number of fused-ring (bicyclic) bond motifs is 1. The van der Waals surface area contributed by atoms with Gasteiger partial charge in [-0.25, -0.2) is 17.5 Å². The number of halogens is 1. The Labute approximate surface area is 152 Å². The van der Waals surface area contributed by atoms with Crippen molar-refractivity contribution in [2.45, 2.75) is 37.6 Å². The summed E-state index contributed by atoms with van der Waals surface area (Å²) in [4.78, 5) is 13.6. The smallest absolute Gasteiger partial charge is 0.241 e. The molecule has 138 valence electrons. The van der Waals surface area contributed by atoms with Crippen LogP contribution in [0.25, 0.3) is 0 Å². The van der Waals surface area contributed by atoms with Gasteiger partial charge in [-0.1, -0.05) is 12.1 Å². The predicted octanol–water partition coefficient (Wildman–Crippen LogP) is 3.16. The lowest BCUT2D eigenvalue weighted by Crippen LogP contribution is -2.34. The van der Waals surface area contributed by atoms with Gasteiger partial charge < -0.3 is 4.90 Å². The summed E-state index contributed by atoms with van der Waals surface area (Å²) < 4.78 is 41.1. The second kappa shape index (κ2) is 7.17. The number of nitrogens with one attached hydrogen (secondary N) is 1. The van der Waals surface area contributed by atoms with Crippen LogP contribution >= 0.6 is 0 Å². The molecule has 0 spiro atoms. The fourth-order valence-electron chi connectivity index (χ4n) is 3.19. The number of rotatable bonds is 4. The standard InChI is InChI=1S/C19H21FN2O3S/c1-13(15-5-7-17(20)8-6-15)21-26(24,25)18-9-10-19-16(12-18)4-3-11-22(19)14(2)23/h5-10,12-13,21H,3-4,11H2,1-2H3/t13-/m0/s1. The van der Waals surface area contributed by atoms with Gasteiger partial charge in [-0.15, -0.1) is 0 Å². The summed E-state index contributed by atoms with van der Waals surface area (Å²) in [6.07, 6.45) is 1.53. The van der Waals surface area contributed by atoms with Gasteiger partial charge in [0.05, 0.1) is 4.90 Å². The number of carbonyl (C=O) groups excluding carboxylic acids is 1. The van der Waals surface area contributed by atoms with Crippen molar-refractivity contribution >= 4 is 21.6 Å². The highest BCUT2D eigenvalue weighted by atomic mass is 32.2. The highest BCUT2D eigenvalue weighted by Crippen LogP contribution is 2.30. The lowest BCUT2D eigenvalue weighted by molar-refractivity contribution is -0.116. The van der Waals surface area contributed by atoms with Gasteiger partial charge in [-0.3, -0.25) is 4.79 Å². The van der Waals surface area contributed by atoms with Crippen LogP contribution in [0.4, 0.5) is 10.1 Å². The highest BCUT2D eigenvalue weighted by Gasteiger charge is 2.24. The number of sulfonamides is 1. The molecule has 26 heavy (non-hydrogen) atoms. The maximum atomic E-state index is 13.0. The largest absolute Gasteiger partial charge is 0.312 e. The summed E-state index contributed by atoms with van der Waals surface area (Å²) in [5.41, 5.74) is 2.30. The normalized spacial score (nSPS) is 15.4. The third-order valence-electron chi connectivity index (χ3n) is 4.56. The highest BCUT2D eigenvalue weighted by molar-refractivity contribution is 7.89. The van der Waals surface area contributed by atoms with E-state index >= 15 is 0 Å². The topological polar surface area (TPSA) is 66.5 Å². The number of nitrogens with zero attached hydrogens (tertiary/aromatic N) is 1. The van der Waals surface area contributed by atoms with E-state index in [0.29, 0.717) is 12.1 Å². The van der Waals surface area contributed by atoms with Crippen molar-refractivity contribution in [2.75, 3.05) is 11.4 Å². The van der Waals surface area contributed by atoms with E-state index in [0.717, 1.165) is 24.1 Å². The van der Waals surface area contributed by atoms with Crippen LogP contribution in [-0.4, -0.2) is 20.9 Å². The average molecular weight is 376 g/mol. The summed E-state index contributed by atoms with van der Waals surface area (Å²) in [5, 5.41) is 0. The second-order valence-corrected chi connectivity index (χ2v) is 8.17.